The van der Waals surface area contributed by atoms with E-state index in [0.717, 1.165) is 0 Å². The predicted molar refractivity (Wildman–Crippen MR) is 77.0 cm³/mol. The molecule has 2 saturated heterocycles. The van der Waals surface area contributed by atoms with Crippen molar-refractivity contribution in [1.82, 2.24) is 0 Å². The van der Waals surface area contributed by atoms with Gasteiger partial charge in [0.15, 0.2) is 0 Å². The summed E-state index contributed by atoms with van der Waals surface area (Å²) in [5.41, 5.74) is 10.4. The second kappa shape index (κ2) is 4.58. The van der Waals surface area contributed by atoms with Gasteiger partial charge in [0.05, 0.1) is 0 Å². The van der Waals surface area contributed by atoms with E-state index in [1.54, 1.807) is 0 Å². The van der Waals surface area contributed by atoms with Gasteiger partial charge < -0.3 is 10.6 Å². The number of aryl methyl sites for hydroxylation is 2. The van der Waals surface area contributed by atoms with Gasteiger partial charge in [-0.2, -0.15) is 0 Å². The van der Waals surface area contributed by atoms with Gasteiger partial charge in [-0.1, -0.05) is 17.7 Å². The maximum absolute atomic E-state index is 6.20. The highest BCUT2D eigenvalue weighted by Crippen LogP contribution is 2.38. The fourth-order valence-corrected chi connectivity index (χ4v) is 3.91. The first-order chi connectivity index (χ1) is 8.65. The smallest absolute Gasteiger partial charge is 0.0401 e. The third kappa shape index (κ3) is 2.03. The fourth-order valence-electron chi connectivity index (χ4n) is 3.91. The molecule has 2 heterocycles. The Bertz CT molecular complexity index is 427. The van der Waals surface area contributed by atoms with E-state index in [9.17, 15) is 0 Å². The van der Waals surface area contributed by atoms with E-state index in [2.05, 4.69) is 36.9 Å². The summed E-state index contributed by atoms with van der Waals surface area (Å²) in [6, 6.07) is 8.63. The van der Waals surface area contributed by atoms with Crippen molar-refractivity contribution in [3.8, 4) is 0 Å². The molecule has 0 aliphatic carbocycles. The molecule has 2 aliphatic heterocycles. The van der Waals surface area contributed by atoms with Gasteiger partial charge in [-0.3, -0.25) is 0 Å². The number of nitrogens with zero attached hydrogens (tertiary/aromatic N) is 1. The average molecular weight is 244 g/mol. The fraction of sp³-hybridized carbons (Fsp3) is 0.625. The van der Waals surface area contributed by atoms with Gasteiger partial charge in [-0.05, 0) is 57.6 Å². The molecule has 0 spiro atoms. The summed E-state index contributed by atoms with van der Waals surface area (Å²) >= 11 is 0. The van der Waals surface area contributed by atoms with Crippen molar-refractivity contribution in [3.05, 3.63) is 29.3 Å². The Balaban J connectivity index is 1.95. The lowest BCUT2D eigenvalue weighted by molar-refractivity contribution is 0.271. The van der Waals surface area contributed by atoms with Gasteiger partial charge in [0.2, 0.25) is 0 Å². The number of hydrogen-bond acceptors (Lipinski definition) is 2. The summed E-state index contributed by atoms with van der Waals surface area (Å²) in [4.78, 5) is 2.68. The number of piperidine rings is 2. The van der Waals surface area contributed by atoms with Gasteiger partial charge >= 0.3 is 0 Å². The third-order valence-electron chi connectivity index (χ3n) is 4.64. The SMILES string of the molecule is Cc1ccc(N2C3CCCC2CC(N)C3)c(C)c1. The lowest BCUT2D eigenvalue weighted by Crippen LogP contribution is -2.55. The van der Waals surface area contributed by atoms with E-state index in [4.69, 9.17) is 5.73 Å². The Labute approximate surface area is 110 Å². The molecule has 0 radical (unpaired) electrons. The minimum Gasteiger partial charge on any atom is -0.365 e. The van der Waals surface area contributed by atoms with Gasteiger partial charge in [0.1, 0.15) is 0 Å². The van der Waals surface area contributed by atoms with E-state index in [0.29, 0.717) is 18.1 Å². The normalized spacial score (nSPS) is 31.5. The monoisotopic (exact) mass is 244 g/mol. The van der Waals surface area contributed by atoms with E-state index >= 15 is 0 Å². The van der Waals surface area contributed by atoms with E-state index in [1.807, 2.05) is 0 Å². The lowest BCUT2D eigenvalue weighted by atomic mass is 9.81. The molecule has 2 N–H and O–H groups in total. The molecule has 2 bridgehead atoms. The van der Waals surface area contributed by atoms with Crippen LogP contribution in [0.15, 0.2) is 18.2 Å². The van der Waals surface area contributed by atoms with Crippen LogP contribution in [0.1, 0.15) is 43.2 Å². The zero-order valence-corrected chi connectivity index (χ0v) is 11.5. The van der Waals surface area contributed by atoms with Crippen LogP contribution >= 0.6 is 0 Å². The molecule has 1 aromatic carbocycles. The van der Waals surface area contributed by atoms with Crippen molar-refractivity contribution in [3.63, 3.8) is 0 Å². The third-order valence-corrected chi connectivity index (χ3v) is 4.64. The van der Waals surface area contributed by atoms with Crippen LogP contribution in [0.4, 0.5) is 5.69 Å². The quantitative estimate of drug-likeness (QED) is 0.822. The van der Waals surface area contributed by atoms with Crippen LogP contribution in [0.2, 0.25) is 0 Å². The molecule has 0 saturated carbocycles. The summed E-state index contributed by atoms with van der Waals surface area (Å²) in [5.74, 6) is 0. The summed E-state index contributed by atoms with van der Waals surface area (Å²) in [5, 5.41) is 0. The molecule has 1 aromatic rings. The summed E-state index contributed by atoms with van der Waals surface area (Å²) < 4.78 is 0. The van der Waals surface area contributed by atoms with Crippen LogP contribution < -0.4 is 10.6 Å². The minimum atomic E-state index is 0.419. The number of benzene rings is 1. The summed E-state index contributed by atoms with van der Waals surface area (Å²) in [7, 11) is 0. The Hall–Kier alpha value is -1.02. The lowest BCUT2D eigenvalue weighted by Gasteiger charge is -2.50. The second-order valence-electron chi connectivity index (χ2n) is 6.17. The molecule has 2 aliphatic rings. The first-order valence-electron chi connectivity index (χ1n) is 7.26. The standard InChI is InChI=1S/C16H24N2/c1-11-6-7-16(12(2)8-11)18-14-4-3-5-15(18)10-13(17)9-14/h6-8,13-15H,3-5,9-10,17H2,1-2H3. The Morgan fingerprint density at radius 1 is 1.11 bits per heavy atom. The minimum absolute atomic E-state index is 0.419. The van der Waals surface area contributed by atoms with E-state index in [-0.39, 0.29) is 0 Å². The van der Waals surface area contributed by atoms with Crippen molar-refractivity contribution in [2.75, 3.05) is 4.90 Å². The molecule has 0 amide bonds. The molecule has 3 rings (SSSR count). The first-order valence-corrected chi connectivity index (χ1v) is 7.26. The summed E-state index contributed by atoms with van der Waals surface area (Å²) in [6.07, 6.45) is 6.35. The predicted octanol–water partition coefficient (Wildman–Crippen LogP) is 3.15. The topological polar surface area (TPSA) is 29.3 Å². The van der Waals surface area contributed by atoms with Crippen molar-refractivity contribution in [2.24, 2.45) is 5.73 Å². The maximum atomic E-state index is 6.20. The van der Waals surface area contributed by atoms with Crippen LogP contribution in [0, 0.1) is 13.8 Å². The molecule has 2 heteroatoms. The largest absolute Gasteiger partial charge is 0.365 e. The zero-order valence-electron chi connectivity index (χ0n) is 11.5. The Morgan fingerprint density at radius 2 is 1.78 bits per heavy atom. The van der Waals surface area contributed by atoms with Crippen molar-refractivity contribution < 1.29 is 0 Å². The zero-order chi connectivity index (χ0) is 12.7. The van der Waals surface area contributed by atoms with Crippen LogP contribution in [-0.4, -0.2) is 18.1 Å². The molecule has 2 fully saturated rings. The number of nitrogens with two attached hydrogens (primary N) is 1. The van der Waals surface area contributed by atoms with Gasteiger partial charge in [0.25, 0.3) is 0 Å². The second-order valence-corrected chi connectivity index (χ2v) is 6.17. The molecule has 98 valence electrons. The molecular formula is C16H24N2. The van der Waals surface area contributed by atoms with Crippen LogP contribution in [0.25, 0.3) is 0 Å². The molecule has 18 heavy (non-hydrogen) atoms. The van der Waals surface area contributed by atoms with E-state index in [1.165, 1.54) is 48.9 Å². The highest BCUT2D eigenvalue weighted by atomic mass is 15.2. The molecule has 2 atom stereocenters. The Morgan fingerprint density at radius 3 is 2.39 bits per heavy atom. The molecular weight excluding hydrogens is 220 g/mol. The highest BCUT2D eigenvalue weighted by molar-refractivity contribution is 5.56. The van der Waals surface area contributed by atoms with E-state index < -0.39 is 0 Å². The van der Waals surface area contributed by atoms with Crippen LogP contribution in [0.5, 0.6) is 0 Å². The molecule has 2 unspecified atom stereocenters. The van der Waals surface area contributed by atoms with Gasteiger partial charge in [-0.25, -0.2) is 0 Å². The highest BCUT2D eigenvalue weighted by Gasteiger charge is 2.37. The van der Waals surface area contributed by atoms with Crippen molar-refractivity contribution in [1.29, 1.82) is 0 Å². The van der Waals surface area contributed by atoms with Crippen LogP contribution in [0.3, 0.4) is 0 Å². The Kier molecular flexibility index (Phi) is 3.06. The van der Waals surface area contributed by atoms with Gasteiger partial charge in [0, 0.05) is 23.8 Å². The number of anilines is 1. The maximum Gasteiger partial charge on any atom is 0.0401 e. The summed E-state index contributed by atoms with van der Waals surface area (Å²) in [6.45, 7) is 4.41. The average Bonchev–Trinajstić information content (AvgIpc) is 2.28. The molecule has 2 nitrogen and oxygen atoms in total. The number of rotatable bonds is 1. The number of hydrogen-bond donors (Lipinski definition) is 1. The molecule has 0 aromatic heterocycles. The van der Waals surface area contributed by atoms with Crippen molar-refractivity contribution >= 4 is 5.69 Å². The number of fused-ring (bicyclic) bond motifs is 2. The van der Waals surface area contributed by atoms with Crippen molar-refractivity contribution in [2.45, 2.75) is 64.1 Å². The van der Waals surface area contributed by atoms with Crippen LogP contribution in [-0.2, 0) is 0 Å². The first kappa shape index (κ1) is 12.0. The van der Waals surface area contributed by atoms with Gasteiger partial charge in [-0.15, -0.1) is 0 Å².